The van der Waals surface area contributed by atoms with Crippen molar-refractivity contribution in [3.05, 3.63) is 53.3 Å². The second-order valence-electron chi connectivity index (χ2n) is 6.10. The zero-order valence-corrected chi connectivity index (χ0v) is 13.0. The number of nitrogens with zero attached hydrogens (tertiary/aromatic N) is 2. The van der Waals surface area contributed by atoms with E-state index in [2.05, 4.69) is 47.7 Å². The summed E-state index contributed by atoms with van der Waals surface area (Å²) in [4.78, 5) is 0. The molecule has 1 aromatic heterocycles. The highest BCUT2D eigenvalue weighted by atomic mass is 15.3. The van der Waals surface area contributed by atoms with Crippen LogP contribution in [0.15, 0.2) is 36.5 Å². The molecule has 0 spiro atoms. The van der Waals surface area contributed by atoms with Crippen molar-refractivity contribution in [2.75, 3.05) is 6.54 Å². The van der Waals surface area contributed by atoms with Crippen molar-refractivity contribution >= 4 is 0 Å². The summed E-state index contributed by atoms with van der Waals surface area (Å²) in [6.45, 7) is 3.20. The minimum absolute atomic E-state index is 0.196. The van der Waals surface area contributed by atoms with E-state index in [1.165, 1.54) is 30.4 Å². The van der Waals surface area contributed by atoms with E-state index in [0.717, 1.165) is 24.6 Å². The number of rotatable bonds is 6. The molecule has 3 heteroatoms. The highest BCUT2D eigenvalue weighted by Crippen LogP contribution is 2.36. The van der Waals surface area contributed by atoms with Gasteiger partial charge in [-0.05, 0) is 48.9 Å². The third kappa shape index (κ3) is 3.18. The van der Waals surface area contributed by atoms with E-state index in [4.69, 9.17) is 0 Å². The highest BCUT2D eigenvalue weighted by molar-refractivity contribution is 5.32. The van der Waals surface area contributed by atoms with Gasteiger partial charge in [0, 0.05) is 13.2 Å². The van der Waals surface area contributed by atoms with Gasteiger partial charge in [-0.3, -0.25) is 4.68 Å². The van der Waals surface area contributed by atoms with Gasteiger partial charge in [-0.15, -0.1) is 0 Å². The molecule has 1 atom stereocenters. The lowest BCUT2D eigenvalue weighted by atomic mass is 9.80. The molecule has 1 aliphatic rings. The number of aromatic nitrogens is 2. The average Bonchev–Trinajstić information content (AvgIpc) is 2.85. The first kappa shape index (κ1) is 14.3. The Kier molecular flexibility index (Phi) is 4.39. The summed E-state index contributed by atoms with van der Waals surface area (Å²) in [5.41, 5.74) is 3.91. The van der Waals surface area contributed by atoms with Crippen LogP contribution < -0.4 is 5.32 Å². The Morgan fingerprint density at radius 2 is 2.00 bits per heavy atom. The van der Waals surface area contributed by atoms with Crippen LogP contribution in [0.3, 0.4) is 0 Å². The lowest BCUT2D eigenvalue weighted by Crippen LogP contribution is -2.24. The van der Waals surface area contributed by atoms with Crippen LogP contribution in [0.1, 0.15) is 61.4 Å². The summed E-state index contributed by atoms with van der Waals surface area (Å²) >= 11 is 0. The maximum absolute atomic E-state index is 4.58. The van der Waals surface area contributed by atoms with E-state index in [1.54, 1.807) is 0 Å². The number of nitrogens with one attached hydrogen (secondary N) is 1. The molecule has 1 unspecified atom stereocenters. The van der Waals surface area contributed by atoms with Crippen LogP contribution in [-0.4, -0.2) is 16.3 Å². The first-order valence-corrected chi connectivity index (χ1v) is 8.10. The fourth-order valence-corrected chi connectivity index (χ4v) is 2.97. The molecule has 1 fully saturated rings. The molecule has 1 aliphatic carbocycles. The van der Waals surface area contributed by atoms with Crippen LogP contribution >= 0.6 is 0 Å². The Morgan fingerprint density at radius 1 is 1.24 bits per heavy atom. The molecule has 1 heterocycles. The molecule has 2 aromatic rings. The van der Waals surface area contributed by atoms with Gasteiger partial charge in [0.2, 0.25) is 0 Å². The molecule has 0 amide bonds. The Hall–Kier alpha value is -1.61. The third-order valence-electron chi connectivity index (χ3n) is 4.47. The van der Waals surface area contributed by atoms with Gasteiger partial charge in [0.05, 0.1) is 11.7 Å². The Labute approximate surface area is 127 Å². The summed E-state index contributed by atoms with van der Waals surface area (Å²) in [6, 6.07) is 11.5. The van der Waals surface area contributed by atoms with Gasteiger partial charge < -0.3 is 5.32 Å². The predicted octanol–water partition coefficient (Wildman–Crippen LogP) is 3.78. The number of benzene rings is 1. The molecule has 3 nitrogen and oxygen atoms in total. The van der Waals surface area contributed by atoms with Crippen LogP contribution in [0.5, 0.6) is 0 Å². The lowest BCUT2D eigenvalue weighted by molar-refractivity contribution is 0.419. The molecule has 112 valence electrons. The van der Waals surface area contributed by atoms with E-state index in [9.17, 15) is 0 Å². The van der Waals surface area contributed by atoms with Gasteiger partial charge >= 0.3 is 0 Å². The van der Waals surface area contributed by atoms with E-state index in [-0.39, 0.29) is 6.04 Å². The van der Waals surface area contributed by atoms with Gasteiger partial charge in [-0.2, -0.15) is 5.10 Å². The molecule has 1 N–H and O–H groups in total. The molecule has 0 bridgehead atoms. The number of aryl methyl sites for hydroxylation is 1. The molecule has 3 rings (SSSR count). The molecule has 0 aliphatic heterocycles. The largest absolute Gasteiger partial charge is 0.305 e. The standard InChI is InChI=1S/C18H25N3/c1-3-12-19-18(17-11-13-21(2)20-17)16-9-7-15(8-10-16)14-5-4-6-14/h7-11,13-14,18-19H,3-6,12H2,1-2H3. The zero-order chi connectivity index (χ0) is 14.7. The van der Waals surface area contributed by atoms with E-state index in [0.29, 0.717) is 0 Å². The zero-order valence-electron chi connectivity index (χ0n) is 13.0. The fourth-order valence-electron chi connectivity index (χ4n) is 2.97. The Morgan fingerprint density at radius 3 is 2.52 bits per heavy atom. The summed E-state index contributed by atoms with van der Waals surface area (Å²) < 4.78 is 1.87. The summed E-state index contributed by atoms with van der Waals surface area (Å²) in [5, 5.41) is 8.20. The highest BCUT2D eigenvalue weighted by Gasteiger charge is 2.20. The average molecular weight is 283 g/mol. The van der Waals surface area contributed by atoms with Crippen molar-refractivity contribution in [3.8, 4) is 0 Å². The monoisotopic (exact) mass is 283 g/mol. The molecule has 21 heavy (non-hydrogen) atoms. The van der Waals surface area contributed by atoms with Crippen molar-refractivity contribution in [1.29, 1.82) is 0 Å². The van der Waals surface area contributed by atoms with Gasteiger partial charge in [0.15, 0.2) is 0 Å². The molecule has 0 saturated heterocycles. The number of hydrogen-bond donors (Lipinski definition) is 1. The molecular weight excluding hydrogens is 258 g/mol. The van der Waals surface area contributed by atoms with Gasteiger partial charge in [0.25, 0.3) is 0 Å². The topological polar surface area (TPSA) is 29.9 Å². The molecule has 1 aromatic carbocycles. The van der Waals surface area contributed by atoms with E-state index >= 15 is 0 Å². The van der Waals surface area contributed by atoms with Crippen LogP contribution in [0, 0.1) is 0 Å². The summed E-state index contributed by atoms with van der Waals surface area (Å²) in [7, 11) is 1.97. The minimum atomic E-state index is 0.196. The second kappa shape index (κ2) is 6.44. The summed E-state index contributed by atoms with van der Waals surface area (Å²) in [5.74, 6) is 0.802. The fraction of sp³-hybridized carbons (Fsp3) is 0.500. The van der Waals surface area contributed by atoms with E-state index in [1.807, 2.05) is 17.9 Å². The normalized spacial score (nSPS) is 16.7. The predicted molar refractivity (Wildman–Crippen MR) is 86.4 cm³/mol. The molecule has 1 saturated carbocycles. The lowest BCUT2D eigenvalue weighted by Gasteiger charge is -2.26. The first-order chi connectivity index (χ1) is 10.3. The Bertz CT molecular complexity index is 566. The van der Waals surface area contributed by atoms with Crippen molar-refractivity contribution < 1.29 is 0 Å². The van der Waals surface area contributed by atoms with Crippen LogP contribution in [0.25, 0.3) is 0 Å². The first-order valence-electron chi connectivity index (χ1n) is 8.10. The molecular formula is C18H25N3. The summed E-state index contributed by atoms with van der Waals surface area (Å²) in [6.07, 6.45) is 7.25. The molecule has 0 radical (unpaired) electrons. The van der Waals surface area contributed by atoms with Crippen molar-refractivity contribution in [3.63, 3.8) is 0 Å². The Balaban J connectivity index is 1.81. The van der Waals surface area contributed by atoms with Crippen LogP contribution in [-0.2, 0) is 7.05 Å². The smallest absolute Gasteiger partial charge is 0.0839 e. The second-order valence-corrected chi connectivity index (χ2v) is 6.10. The maximum Gasteiger partial charge on any atom is 0.0839 e. The van der Waals surface area contributed by atoms with Crippen molar-refractivity contribution in [2.45, 2.75) is 44.6 Å². The van der Waals surface area contributed by atoms with Crippen LogP contribution in [0.2, 0.25) is 0 Å². The van der Waals surface area contributed by atoms with Crippen molar-refractivity contribution in [1.82, 2.24) is 15.1 Å². The third-order valence-corrected chi connectivity index (χ3v) is 4.47. The van der Waals surface area contributed by atoms with E-state index < -0.39 is 0 Å². The maximum atomic E-state index is 4.58. The van der Waals surface area contributed by atoms with Gasteiger partial charge in [-0.1, -0.05) is 37.6 Å². The minimum Gasteiger partial charge on any atom is -0.305 e. The van der Waals surface area contributed by atoms with Gasteiger partial charge in [-0.25, -0.2) is 0 Å². The number of hydrogen-bond acceptors (Lipinski definition) is 2. The van der Waals surface area contributed by atoms with Gasteiger partial charge in [0.1, 0.15) is 0 Å². The SMILES string of the molecule is CCCNC(c1ccc(C2CCC2)cc1)c1ccn(C)n1. The van der Waals surface area contributed by atoms with Crippen molar-refractivity contribution in [2.24, 2.45) is 7.05 Å². The van der Waals surface area contributed by atoms with Crippen LogP contribution in [0.4, 0.5) is 0 Å². The quantitative estimate of drug-likeness (QED) is 0.874.